The Morgan fingerprint density at radius 2 is 1.59 bits per heavy atom. The van der Waals surface area contributed by atoms with Crippen LogP contribution in [-0.2, 0) is 14.8 Å². The predicted octanol–water partition coefficient (Wildman–Crippen LogP) is 2.57. The van der Waals surface area contributed by atoms with E-state index in [0.717, 1.165) is 42.9 Å². The van der Waals surface area contributed by atoms with Gasteiger partial charge in [0.1, 0.15) is 0 Å². The molecule has 0 saturated carbocycles. The van der Waals surface area contributed by atoms with Crippen LogP contribution in [0, 0.1) is 26.7 Å². The normalized spacial score (nSPS) is 19.6. The highest BCUT2D eigenvalue weighted by atomic mass is 32.2. The standard InChI is InChI=1S/C22H35N3O3S/c1-17-15-18(2)21(19(3)16-17)29(27,28)25-11-7-20(8-12-25)22(26)23(4)13-14-24-9-5-6-10-24/h15-16,20H,5-14H2,1-4H3. The first-order valence-corrected chi connectivity index (χ1v) is 12.2. The third-order valence-corrected chi connectivity index (χ3v) is 8.54. The number of amides is 1. The van der Waals surface area contributed by atoms with Gasteiger partial charge in [0.15, 0.2) is 0 Å². The summed E-state index contributed by atoms with van der Waals surface area (Å²) in [6.07, 6.45) is 3.70. The van der Waals surface area contributed by atoms with Crippen LogP contribution >= 0.6 is 0 Å². The molecule has 1 aromatic carbocycles. The van der Waals surface area contributed by atoms with Crippen LogP contribution in [0.1, 0.15) is 42.4 Å². The lowest BCUT2D eigenvalue weighted by Gasteiger charge is -2.33. The smallest absolute Gasteiger partial charge is 0.243 e. The maximum Gasteiger partial charge on any atom is 0.243 e. The molecule has 2 saturated heterocycles. The quantitative estimate of drug-likeness (QED) is 0.708. The van der Waals surface area contributed by atoms with Crippen molar-refractivity contribution in [2.45, 2.75) is 51.3 Å². The SMILES string of the molecule is Cc1cc(C)c(S(=O)(=O)N2CCC(C(=O)N(C)CCN3CCCC3)CC2)c(C)c1. The van der Waals surface area contributed by atoms with Crippen molar-refractivity contribution in [3.63, 3.8) is 0 Å². The van der Waals surface area contributed by atoms with E-state index in [-0.39, 0.29) is 11.8 Å². The second-order valence-electron chi connectivity index (χ2n) is 8.71. The highest BCUT2D eigenvalue weighted by Gasteiger charge is 2.34. The lowest BCUT2D eigenvalue weighted by molar-refractivity contribution is -0.135. The number of piperidine rings is 1. The predicted molar refractivity (Wildman–Crippen MR) is 115 cm³/mol. The van der Waals surface area contributed by atoms with Crippen molar-refractivity contribution < 1.29 is 13.2 Å². The first-order valence-electron chi connectivity index (χ1n) is 10.8. The molecule has 1 aromatic rings. The van der Waals surface area contributed by atoms with Gasteiger partial charge in [0.05, 0.1) is 4.90 Å². The van der Waals surface area contributed by atoms with E-state index in [2.05, 4.69) is 4.90 Å². The third kappa shape index (κ3) is 5.01. The van der Waals surface area contributed by atoms with E-state index < -0.39 is 10.0 Å². The Balaban J connectivity index is 1.58. The number of rotatable bonds is 6. The molecule has 2 aliphatic rings. The highest BCUT2D eigenvalue weighted by Crippen LogP contribution is 2.29. The summed E-state index contributed by atoms with van der Waals surface area (Å²) in [6.45, 7) is 10.5. The zero-order chi connectivity index (χ0) is 21.2. The molecule has 3 rings (SSSR count). The Bertz CT molecular complexity index is 816. The van der Waals surface area contributed by atoms with Crippen LogP contribution in [0.25, 0.3) is 0 Å². The van der Waals surface area contributed by atoms with Crippen LogP contribution in [0.15, 0.2) is 17.0 Å². The monoisotopic (exact) mass is 421 g/mol. The summed E-state index contributed by atoms with van der Waals surface area (Å²) in [7, 11) is -1.65. The fourth-order valence-electron chi connectivity index (χ4n) is 4.77. The van der Waals surface area contributed by atoms with Crippen molar-refractivity contribution in [3.8, 4) is 0 Å². The largest absolute Gasteiger partial charge is 0.344 e. The average molecular weight is 422 g/mol. The molecule has 0 atom stereocenters. The minimum absolute atomic E-state index is 0.0785. The molecule has 0 bridgehead atoms. The van der Waals surface area contributed by atoms with Gasteiger partial charge < -0.3 is 9.80 Å². The summed E-state index contributed by atoms with van der Waals surface area (Å²) in [5, 5.41) is 0. The molecule has 0 unspecified atom stereocenters. The molecule has 0 aliphatic carbocycles. The summed E-state index contributed by atoms with van der Waals surface area (Å²) >= 11 is 0. The van der Waals surface area contributed by atoms with Gasteiger partial charge in [-0.2, -0.15) is 4.31 Å². The van der Waals surface area contributed by atoms with E-state index in [9.17, 15) is 13.2 Å². The van der Waals surface area contributed by atoms with Gasteiger partial charge in [0, 0.05) is 39.1 Å². The fraction of sp³-hybridized carbons (Fsp3) is 0.682. The van der Waals surface area contributed by atoms with Crippen LogP contribution in [0.2, 0.25) is 0 Å². The van der Waals surface area contributed by atoms with E-state index in [4.69, 9.17) is 0 Å². The molecule has 2 heterocycles. The zero-order valence-electron chi connectivity index (χ0n) is 18.3. The second-order valence-corrected chi connectivity index (χ2v) is 10.6. The summed E-state index contributed by atoms with van der Waals surface area (Å²) in [5.74, 6) is 0.0779. The van der Waals surface area contributed by atoms with Crippen molar-refractivity contribution in [2.75, 3.05) is 46.3 Å². The topological polar surface area (TPSA) is 60.9 Å². The fourth-order valence-corrected chi connectivity index (χ4v) is 6.65. The molecule has 162 valence electrons. The number of sulfonamides is 1. The van der Waals surface area contributed by atoms with Crippen molar-refractivity contribution >= 4 is 15.9 Å². The summed E-state index contributed by atoms with van der Waals surface area (Å²) in [6, 6.07) is 3.84. The Hall–Kier alpha value is -1.44. The summed E-state index contributed by atoms with van der Waals surface area (Å²) in [4.78, 5) is 17.5. The molecule has 2 fully saturated rings. The molecule has 29 heavy (non-hydrogen) atoms. The van der Waals surface area contributed by atoms with E-state index in [0.29, 0.717) is 30.8 Å². The molecular weight excluding hydrogens is 386 g/mol. The number of hydrogen-bond acceptors (Lipinski definition) is 4. The first kappa shape index (κ1) is 22.2. The van der Waals surface area contributed by atoms with Crippen molar-refractivity contribution in [3.05, 3.63) is 28.8 Å². The molecule has 0 spiro atoms. The maximum absolute atomic E-state index is 13.2. The van der Waals surface area contributed by atoms with E-state index in [1.54, 1.807) is 4.31 Å². The first-order chi connectivity index (χ1) is 13.7. The Kier molecular flexibility index (Phi) is 7.02. The highest BCUT2D eigenvalue weighted by molar-refractivity contribution is 7.89. The van der Waals surface area contributed by atoms with Crippen LogP contribution < -0.4 is 0 Å². The molecule has 6 nitrogen and oxygen atoms in total. The van der Waals surface area contributed by atoms with Gasteiger partial charge in [-0.1, -0.05) is 17.7 Å². The van der Waals surface area contributed by atoms with Crippen molar-refractivity contribution in [1.82, 2.24) is 14.1 Å². The molecular formula is C22H35N3O3S. The lowest BCUT2D eigenvalue weighted by Crippen LogP contribution is -2.45. The van der Waals surface area contributed by atoms with Gasteiger partial charge in [-0.05, 0) is 70.7 Å². The molecule has 7 heteroatoms. The summed E-state index contributed by atoms with van der Waals surface area (Å²) in [5.41, 5.74) is 2.66. The number of likely N-dealkylation sites (N-methyl/N-ethyl adjacent to an activating group) is 1. The number of carbonyl (C=O) groups excluding carboxylic acids is 1. The van der Waals surface area contributed by atoms with Gasteiger partial charge in [-0.25, -0.2) is 8.42 Å². The molecule has 0 N–H and O–H groups in total. The minimum Gasteiger partial charge on any atom is -0.344 e. The lowest BCUT2D eigenvalue weighted by atomic mass is 9.97. The molecule has 1 amide bonds. The van der Waals surface area contributed by atoms with Crippen LogP contribution in [0.4, 0.5) is 0 Å². The second kappa shape index (κ2) is 9.14. The summed E-state index contributed by atoms with van der Waals surface area (Å²) < 4.78 is 28.0. The minimum atomic E-state index is -3.53. The Morgan fingerprint density at radius 3 is 2.14 bits per heavy atom. The third-order valence-electron chi connectivity index (χ3n) is 6.33. The van der Waals surface area contributed by atoms with Gasteiger partial charge in [0.2, 0.25) is 15.9 Å². The number of aryl methyl sites for hydroxylation is 3. The van der Waals surface area contributed by atoms with Gasteiger partial charge in [-0.15, -0.1) is 0 Å². The molecule has 2 aliphatic heterocycles. The van der Waals surface area contributed by atoms with Crippen LogP contribution in [0.3, 0.4) is 0 Å². The number of benzene rings is 1. The Morgan fingerprint density at radius 1 is 1.03 bits per heavy atom. The van der Waals surface area contributed by atoms with Gasteiger partial charge in [0.25, 0.3) is 0 Å². The molecule has 0 aromatic heterocycles. The zero-order valence-corrected chi connectivity index (χ0v) is 19.1. The maximum atomic E-state index is 13.2. The van der Waals surface area contributed by atoms with E-state index in [1.807, 2.05) is 44.9 Å². The van der Waals surface area contributed by atoms with E-state index in [1.165, 1.54) is 12.8 Å². The molecule has 0 radical (unpaired) electrons. The number of nitrogens with zero attached hydrogens (tertiary/aromatic N) is 3. The van der Waals surface area contributed by atoms with Crippen LogP contribution in [0.5, 0.6) is 0 Å². The Labute approximate surface area is 175 Å². The van der Waals surface area contributed by atoms with Gasteiger partial charge >= 0.3 is 0 Å². The number of likely N-dealkylation sites (tertiary alicyclic amines) is 1. The van der Waals surface area contributed by atoms with Gasteiger partial charge in [-0.3, -0.25) is 4.79 Å². The van der Waals surface area contributed by atoms with E-state index >= 15 is 0 Å². The van der Waals surface area contributed by atoms with Crippen LogP contribution in [-0.4, -0.2) is 74.7 Å². The average Bonchev–Trinajstić information content (AvgIpc) is 3.18. The van der Waals surface area contributed by atoms with Crippen molar-refractivity contribution in [2.24, 2.45) is 5.92 Å². The number of carbonyl (C=O) groups is 1. The number of hydrogen-bond donors (Lipinski definition) is 0. The van der Waals surface area contributed by atoms with Crippen molar-refractivity contribution in [1.29, 1.82) is 0 Å².